The average Bonchev–Trinajstić information content (AvgIpc) is 2.96. The number of hydrogen-bond donors (Lipinski definition) is 0. The molecule has 112 valence electrons. The van der Waals surface area contributed by atoms with E-state index in [2.05, 4.69) is 72.2 Å². The molecule has 1 unspecified atom stereocenters. The maximum Gasteiger partial charge on any atom is 0.202 e. The van der Waals surface area contributed by atoms with Gasteiger partial charge in [-0.3, -0.25) is 0 Å². The summed E-state index contributed by atoms with van der Waals surface area (Å²) in [6.07, 6.45) is 0. The normalized spacial score (nSPS) is 19.7. The molecule has 1 atom stereocenters. The van der Waals surface area contributed by atoms with Crippen molar-refractivity contribution >= 4 is 11.6 Å². The highest BCUT2D eigenvalue weighted by atomic mass is 15.4. The van der Waals surface area contributed by atoms with Crippen LogP contribution in [-0.2, 0) is 0 Å². The van der Waals surface area contributed by atoms with Gasteiger partial charge < -0.3 is 9.80 Å². The zero-order valence-electron chi connectivity index (χ0n) is 13.2. The Morgan fingerprint density at radius 1 is 1.05 bits per heavy atom. The first-order valence-corrected chi connectivity index (χ1v) is 8.03. The molecule has 0 radical (unpaired) electrons. The van der Waals surface area contributed by atoms with Crippen molar-refractivity contribution in [2.45, 2.75) is 19.9 Å². The molecule has 0 N–H and O–H groups in total. The number of rotatable bonds is 2. The van der Waals surface area contributed by atoms with Crippen LogP contribution < -0.4 is 0 Å². The first-order valence-electron chi connectivity index (χ1n) is 8.03. The predicted molar refractivity (Wildman–Crippen MR) is 90.5 cm³/mol. The van der Waals surface area contributed by atoms with Crippen LogP contribution in [0.1, 0.15) is 29.7 Å². The van der Waals surface area contributed by atoms with E-state index in [9.17, 15) is 0 Å². The molecular formula is C19H21N3. The van der Waals surface area contributed by atoms with Gasteiger partial charge in [0.2, 0.25) is 5.96 Å². The summed E-state index contributed by atoms with van der Waals surface area (Å²) in [4.78, 5) is 9.75. The standard InChI is InChI=1S/C19H21N3/c1-3-21-12-13-22-18(15-10-8-14(2)9-11-15)16-6-4-5-7-17(16)20-19(21)22/h4-11,18H,3,12-13H2,1-2H3. The highest BCUT2D eigenvalue weighted by Crippen LogP contribution is 2.40. The largest absolute Gasteiger partial charge is 0.341 e. The van der Waals surface area contributed by atoms with Gasteiger partial charge in [-0.1, -0.05) is 48.0 Å². The molecule has 2 heterocycles. The summed E-state index contributed by atoms with van der Waals surface area (Å²) in [7, 11) is 0. The van der Waals surface area contributed by atoms with Gasteiger partial charge in [0, 0.05) is 25.2 Å². The van der Waals surface area contributed by atoms with E-state index in [1.165, 1.54) is 16.7 Å². The molecule has 3 heteroatoms. The Kier molecular flexibility index (Phi) is 3.14. The fraction of sp³-hybridized carbons (Fsp3) is 0.316. The molecule has 2 aromatic carbocycles. The zero-order chi connectivity index (χ0) is 15.1. The third kappa shape index (κ3) is 2.00. The molecule has 3 nitrogen and oxygen atoms in total. The minimum atomic E-state index is 0.279. The Morgan fingerprint density at radius 2 is 1.82 bits per heavy atom. The number of likely N-dealkylation sites (N-methyl/N-ethyl adjacent to an activating group) is 1. The summed E-state index contributed by atoms with van der Waals surface area (Å²) in [5.74, 6) is 1.13. The average molecular weight is 291 g/mol. The van der Waals surface area contributed by atoms with Crippen molar-refractivity contribution in [3.05, 3.63) is 65.2 Å². The number of fused-ring (bicyclic) bond motifs is 2. The van der Waals surface area contributed by atoms with Crippen LogP contribution in [-0.4, -0.2) is 35.4 Å². The minimum Gasteiger partial charge on any atom is -0.341 e. The van der Waals surface area contributed by atoms with Gasteiger partial charge in [0.15, 0.2) is 0 Å². The van der Waals surface area contributed by atoms with E-state index < -0.39 is 0 Å². The second-order valence-corrected chi connectivity index (χ2v) is 6.06. The lowest BCUT2D eigenvalue weighted by molar-refractivity contribution is 0.386. The maximum atomic E-state index is 4.92. The molecule has 4 rings (SSSR count). The fourth-order valence-electron chi connectivity index (χ4n) is 3.49. The number of hydrogen-bond acceptors (Lipinski definition) is 3. The molecule has 0 spiro atoms. The third-order valence-corrected chi connectivity index (χ3v) is 4.69. The highest BCUT2D eigenvalue weighted by Gasteiger charge is 2.37. The Hall–Kier alpha value is -2.29. The summed E-state index contributed by atoms with van der Waals surface area (Å²) in [5.41, 5.74) is 5.08. The van der Waals surface area contributed by atoms with Crippen LogP contribution in [0, 0.1) is 6.92 Å². The van der Waals surface area contributed by atoms with Crippen LogP contribution in [0.2, 0.25) is 0 Å². The summed E-state index contributed by atoms with van der Waals surface area (Å²) in [6.45, 7) is 7.46. The Morgan fingerprint density at radius 3 is 2.59 bits per heavy atom. The Bertz CT molecular complexity index is 718. The maximum absolute atomic E-state index is 4.92. The van der Waals surface area contributed by atoms with Crippen LogP contribution in [0.15, 0.2) is 53.5 Å². The lowest BCUT2D eigenvalue weighted by Crippen LogP contribution is -2.38. The lowest BCUT2D eigenvalue weighted by Gasteiger charge is -2.35. The van der Waals surface area contributed by atoms with Crippen LogP contribution in [0.4, 0.5) is 5.69 Å². The van der Waals surface area contributed by atoms with Crippen LogP contribution in [0.25, 0.3) is 0 Å². The van der Waals surface area contributed by atoms with Crippen molar-refractivity contribution in [3.63, 3.8) is 0 Å². The molecule has 0 aromatic heterocycles. The number of nitrogens with zero attached hydrogens (tertiary/aromatic N) is 3. The van der Waals surface area contributed by atoms with Gasteiger partial charge in [0.05, 0.1) is 11.7 Å². The molecule has 0 bridgehead atoms. The minimum absolute atomic E-state index is 0.279. The van der Waals surface area contributed by atoms with Gasteiger partial charge in [-0.15, -0.1) is 0 Å². The first kappa shape index (κ1) is 13.4. The van der Waals surface area contributed by atoms with Gasteiger partial charge in [-0.2, -0.15) is 0 Å². The zero-order valence-corrected chi connectivity index (χ0v) is 13.2. The van der Waals surface area contributed by atoms with Gasteiger partial charge in [0.25, 0.3) is 0 Å². The monoisotopic (exact) mass is 291 g/mol. The number of aryl methyl sites for hydroxylation is 1. The Balaban J connectivity index is 1.86. The number of benzene rings is 2. The molecule has 2 aromatic rings. The smallest absolute Gasteiger partial charge is 0.202 e. The summed E-state index contributed by atoms with van der Waals surface area (Å²) in [5, 5.41) is 0. The van der Waals surface area contributed by atoms with E-state index in [0.717, 1.165) is 31.3 Å². The molecule has 2 aliphatic rings. The van der Waals surface area contributed by atoms with Crippen molar-refractivity contribution in [3.8, 4) is 0 Å². The van der Waals surface area contributed by atoms with Crippen molar-refractivity contribution in [1.82, 2.24) is 9.80 Å². The highest BCUT2D eigenvalue weighted by molar-refractivity contribution is 5.88. The van der Waals surface area contributed by atoms with Crippen molar-refractivity contribution in [2.75, 3.05) is 19.6 Å². The second-order valence-electron chi connectivity index (χ2n) is 6.06. The van der Waals surface area contributed by atoms with Crippen LogP contribution in [0.5, 0.6) is 0 Å². The third-order valence-electron chi connectivity index (χ3n) is 4.69. The molecule has 0 saturated carbocycles. The summed E-state index contributed by atoms with van der Waals surface area (Å²) >= 11 is 0. The molecule has 0 aliphatic carbocycles. The fourth-order valence-corrected chi connectivity index (χ4v) is 3.49. The van der Waals surface area contributed by atoms with E-state index in [4.69, 9.17) is 4.99 Å². The SMILES string of the molecule is CCN1CCN2C1=Nc1ccccc1C2c1ccc(C)cc1. The number of guanidine groups is 1. The quantitative estimate of drug-likeness (QED) is 0.839. The molecule has 0 amide bonds. The number of para-hydroxylation sites is 1. The summed E-state index contributed by atoms with van der Waals surface area (Å²) < 4.78 is 0. The van der Waals surface area contributed by atoms with E-state index in [0.29, 0.717) is 0 Å². The molecule has 1 fully saturated rings. The molecule has 22 heavy (non-hydrogen) atoms. The molecule has 2 aliphatic heterocycles. The van der Waals surface area contributed by atoms with E-state index >= 15 is 0 Å². The lowest BCUT2D eigenvalue weighted by atomic mass is 9.94. The van der Waals surface area contributed by atoms with Crippen molar-refractivity contribution in [2.24, 2.45) is 4.99 Å². The Labute approximate surface area is 131 Å². The van der Waals surface area contributed by atoms with E-state index in [1.54, 1.807) is 0 Å². The van der Waals surface area contributed by atoms with Crippen LogP contribution in [0.3, 0.4) is 0 Å². The van der Waals surface area contributed by atoms with E-state index in [1.807, 2.05) is 0 Å². The predicted octanol–water partition coefficient (Wildman–Crippen LogP) is 3.72. The second kappa shape index (κ2) is 5.16. The van der Waals surface area contributed by atoms with Crippen molar-refractivity contribution in [1.29, 1.82) is 0 Å². The van der Waals surface area contributed by atoms with Gasteiger partial charge in [0.1, 0.15) is 0 Å². The van der Waals surface area contributed by atoms with Crippen molar-refractivity contribution < 1.29 is 0 Å². The van der Waals surface area contributed by atoms with Crippen LogP contribution >= 0.6 is 0 Å². The first-order chi connectivity index (χ1) is 10.8. The number of aliphatic imine (C=N–C) groups is 1. The summed E-state index contributed by atoms with van der Waals surface area (Å²) in [6, 6.07) is 17.8. The van der Waals surface area contributed by atoms with Gasteiger partial charge in [-0.25, -0.2) is 4.99 Å². The van der Waals surface area contributed by atoms with Gasteiger partial charge in [-0.05, 0) is 25.5 Å². The molecule has 1 saturated heterocycles. The van der Waals surface area contributed by atoms with E-state index in [-0.39, 0.29) is 6.04 Å². The topological polar surface area (TPSA) is 18.8 Å². The molecular weight excluding hydrogens is 270 g/mol. The van der Waals surface area contributed by atoms with Gasteiger partial charge >= 0.3 is 0 Å².